The molecule has 3 rings (SSSR count). The number of rotatable bonds is 4. The van der Waals surface area contributed by atoms with Gasteiger partial charge in [0.15, 0.2) is 0 Å². The van der Waals surface area contributed by atoms with E-state index in [4.69, 9.17) is 4.74 Å². The Morgan fingerprint density at radius 2 is 2.10 bits per heavy atom. The van der Waals surface area contributed by atoms with Gasteiger partial charge in [-0.25, -0.2) is 0 Å². The van der Waals surface area contributed by atoms with Crippen molar-refractivity contribution >= 4 is 15.9 Å². The van der Waals surface area contributed by atoms with E-state index in [1.165, 1.54) is 47.7 Å². The highest BCUT2D eigenvalue weighted by atomic mass is 79.9. The lowest BCUT2D eigenvalue weighted by Gasteiger charge is -2.28. The zero-order chi connectivity index (χ0) is 13.9. The summed E-state index contributed by atoms with van der Waals surface area (Å²) in [6, 6.07) is 4.99. The van der Waals surface area contributed by atoms with Crippen molar-refractivity contribution in [3.63, 3.8) is 0 Å². The Bertz CT molecular complexity index is 468. The SMILES string of the molecule is C[C@@H](NCc1cc(Br)cc2c1OCC2)C1CCCCC1. The molecule has 0 bridgehead atoms. The topological polar surface area (TPSA) is 21.3 Å². The smallest absolute Gasteiger partial charge is 0.127 e. The third-order valence-corrected chi connectivity index (χ3v) is 5.25. The Morgan fingerprint density at radius 3 is 2.90 bits per heavy atom. The van der Waals surface area contributed by atoms with E-state index in [1.54, 1.807) is 0 Å². The standard InChI is InChI=1S/C17H24BrNO/c1-12(13-5-3-2-4-6-13)19-11-15-10-16(18)9-14-7-8-20-17(14)15/h9-10,12-13,19H,2-8,11H2,1H3/t12-/m1/s1. The summed E-state index contributed by atoms with van der Waals surface area (Å²) in [4.78, 5) is 0. The normalized spacial score (nSPS) is 20.5. The number of ether oxygens (including phenoxy) is 1. The molecule has 0 spiro atoms. The third-order valence-electron chi connectivity index (χ3n) is 4.80. The maximum Gasteiger partial charge on any atom is 0.127 e. The third kappa shape index (κ3) is 3.20. The van der Waals surface area contributed by atoms with Crippen LogP contribution in [-0.4, -0.2) is 12.6 Å². The lowest BCUT2D eigenvalue weighted by molar-refractivity contribution is 0.279. The first-order valence-corrected chi connectivity index (χ1v) is 8.71. The van der Waals surface area contributed by atoms with Crippen molar-refractivity contribution in [1.82, 2.24) is 5.32 Å². The zero-order valence-electron chi connectivity index (χ0n) is 12.3. The monoisotopic (exact) mass is 337 g/mol. The number of benzene rings is 1. The molecule has 0 amide bonds. The molecule has 2 nitrogen and oxygen atoms in total. The van der Waals surface area contributed by atoms with Crippen LogP contribution >= 0.6 is 15.9 Å². The van der Waals surface area contributed by atoms with Gasteiger partial charge in [0.05, 0.1) is 6.61 Å². The number of hydrogen-bond acceptors (Lipinski definition) is 2. The fraction of sp³-hybridized carbons (Fsp3) is 0.647. The van der Waals surface area contributed by atoms with E-state index in [0.717, 1.165) is 31.2 Å². The van der Waals surface area contributed by atoms with Gasteiger partial charge in [0.25, 0.3) is 0 Å². The Labute approximate surface area is 130 Å². The van der Waals surface area contributed by atoms with E-state index in [0.29, 0.717) is 6.04 Å². The van der Waals surface area contributed by atoms with Crippen LogP contribution in [0.2, 0.25) is 0 Å². The summed E-state index contributed by atoms with van der Waals surface area (Å²) in [5.74, 6) is 1.97. The summed E-state index contributed by atoms with van der Waals surface area (Å²) >= 11 is 3.62. The number of nitrogens with one attached hydrogen (secondary N) is 1. The highest BCUT2D eigenvalue weighted by Crippen LogP contribution is 2.33. The Hall–Kier alpha value is -0.540. The van der Waals surface area contributed by atoms with Crippen LogP contribution in [0.15, 0.2) is 16.6 Å². The van der Waals surface area contributed by atoms with Gasteiger partial charge in [0.2, 0.25) is 0 Å². The van der Waals surface area contributed by atoms with E-state index >= 15 is 0 Å². The fourth-order valence-corrected chi connectivity index (χ4v) is 4.10. The first-order chi connectivity index (χ1) is 9.74. The minimum absolute atomic E-state index is 0.603. The molecule has 0 radical (unpaired) electrons. The lowest BCUT2D eigenvalue weighted by Crippen LogP contribution is -2.34. The first-order valence-electron chi connectivity index (χ1n) is 7.91. The Morgan fingerprint density at radius 1 is 1.30 bits per heavy atom. The van der Waals surface area contributed by atoms with Crippen LogP contribution in [0, 0.1) is 5.92 Å². The number of fused-ring (bicyclic) bond motifs is 1. The molecule has 1 saturated carbocycles. The molecule has 0 unspecified atom stereocenters. The quantitative estimate of drug-likeness (QED) is 0.876. The second kappa shape index (κ2) is 6.48. The second-order valence-electron chi connectivity index (χ2n) is 6.22. The van der Waals surface area contributed by atoms with Crippen molar-refractivity contribution in [3.8, 4) is 5.75 Å². The molecule has 1 aliphatic carbocycles. The van der Waals surface area contributed by atoms with Crippen molar-refractivity contribution in [2.75, 3.05) is 6.61 Å². The molecule has 1 aromatic carbocycles. The Kier molecular flexibility index (Phi) is 4.67. The van der Waals surface area contributed by atoms with Crippen LogP contribution < -0.4 is 10.1 Å². The average Bonchev–Trinajstić information content (AvgIpc) is 2.93. The minimum atomic E-state index is 0.603. The molecule has 1 aromatic rings. The van der Waals surface area contributed by atoms with Crippen molar-refractivity contribution < 1.29 is 4.74 Å². The van der Waals surface area contributed by atoms with Gasteiger partial charge < -0.3 is 10.1 Å². The van der Waals surface area contributed by atoms with Gasteiger partial charge in [0, 0.05) is 29.0 Å². The van der Waals surface area contributed by atoms with Crippen LogP contribution in [0.25, 0.3) is 0 Å². The second-order valence-corrected chi connectivity index (χ2v) is 7.13. The van der Waals surface area contributed by atoms with Crippen LogP contribution in [0.5, 0.6) is 5.75 Å². The van der Waals surface area contributed by atoms with E-state index < -0.39 is 0 Å². The summed E-state index contributed by atoms with van der Waals surface area (Å²) in [5.41, 5.74) is 2.65. The molecular formula is C17H24BrNO. The maximum atomic E-state index is 5.80. The van der Waals surface area contributed by atoms with Crippen molar-refractivity contribution in [2.45, 2.75) is 58.0 Å². The van der Waals surface area contributed by atoms with Crippen LogP contribution in [0.3, 0.4) is 0 Å². The van der Waals surface area contributed by atoms with Crippen LogP contribution in [0.4, 0.5) is 0 Å². The largest absolute Gasteiger partial charge is 0.493 e. The van der Waals surface area contributed by atoms with E-state index in [2.05, 4.69) is 40.3 Å². The Balaban J connectivity index is 1.63. The molecule has 0 aromatic heterocycles. The van der Waals surface area contributed by atoms with E-state index in [1.807, 2.05) is 0 Å². The van der Waals surface area contributed by atoms with Crippen LogP contribution in [0.1, 0.15) is 50.2 Å². The highest BCUT2D eigenvalue weighted by molar-refractivity contribution is 9.10. The average molecular weight is 338 g/mol. The molecule has 1 atom stereocenters. The summed E-state index contributed by atoms with van der Waals surface area (Å²) in [6.45, 7) is 4.09. The van der Waals surface area contributed by atoms with Gasteiger partial charge in [0.1, 0.15) is 5.75 Å². The molecule has 1 aliphatic heterocycles. The number of hydrogen-bond donors (Lipinski definition) is 1. The van der Waals surface area contributed by atoms with Crippen molar-refractivity contribution in [1.29, 1.82) is 0 Å². The van der Waals surface area contributed by atoms with Crippen LogP contribution in [-0.2, 0) is 13.0 Å². The van der Waals surface area contributed by atoms with E-state index in [-0.39, 0.29) is 0 Å². The predicted octanol–water partition coefficient (Wildman–Crippen LogP) is 4.44. The van der Waals surface area contributed by atoms with Gasteiger partial charge in [-0.15, -0.1) is 0 Å². The van der Waals surface area contributed by atoms with Crippen molar-refractivity contribution in [2.24, 2.45) is 5.92 Å². The summed E-state index contributed by atoms with van der Waals surface area (Å²) in [7, 11) is 0. The number of halogens is 1. The minimum Gasteiger partial charge on any atom is -0.493 e. The summed E-state index contributed by atoms with van der Waals surface area (Å²) < 4.78 is 6.97. The zero-order valence-corrected chi connectivity index (χ0v) is 13.8. The molecule has 110 valence electrons. The lowest BCUT2D eigenvalue weighted by atomic mass is 9.84. The van der Waals surface area contributed by atoms with Gasteiger partial charge in [-0.3, -0.25) is 0 Å². The van der Waals surface area contributed by atoms with Crippen molar-refractivity contribution in [3.05, 3.63) is 27.7 Å². The molecule has 2 aliphatic rings. The molecule has 1 N–H and O–H groups in total. The molecule has 0 saturated heterocycles. The summed E-state index contributed by atoms with van der Waals surface area (Å²) in [6.07, 6.45) is 8.07. The molecule has 1 heterocycles. The van der Waals surface area contributed by atoms with Gasteiger partial charge in [-0.1, -0.05) is 35.2 Å². The fourth-order valence-electron chi connectivity index (χ4n) is 3.55. The molecular weight excluding hydrogens is 314 g/mol. The molecule has 3 heteroatoms. The first kappa shape index (κ1) is 14.4. The predicted molar refractivity (Wildman–Crippen MR) is 86.2 cm³/mol. The summed E-state index contributed by atoms with van der Waals surface area (Å²) in [5, 5.41) is 3.72. The highest BCUT2D eigenvalue weighted by Gasteiger charge is 2.21. The molecule has 1 fully saturated rings. The van der Waals surface area contributed by atoms with Gasteiger partial charge in [-0.2, -0.15) is 0 Å². The van der Waals surface area contributed by atoms with Gasteiger partial charge >= 0.3 is 0 Å². The van der Waals surface area contributed by atoms with Gasteiger partial charge in [-0.05, 0) is 43.4 Å². The molecule has 20 heavy (non-hydrogen) atoms. The van der Waals surface area contributed by atoms with E-state index in [9.17, 15) is 0 Å². The maximum absolute atomic E-state index is 5.80.